The highest BCUT2D eigenvalue weighted by atomic mass is 16.4. The second kappa shape index (κ2) is 5.71. The van der Waals surface area contributed by atoms with Crippen LogP contribution in [0.5, 0.6) is 0 Å². The molecule has 0 aliphatic carbocycles. The molecule has 21 heavy (non-hydrogen) atoms. The van der Waals surface area contributed by atoms with Gasteiger partial charge in [0.25, 0.3) is 0 Å². The second-order valence-electron chi connectivity index (χ2n) is 4.33. The maximum atomic E-state index is 11.1. The zero-order valence-corrected chi connectivity index (χ0v) is 11.3. The van der Waals surface area contributed by atoms with Crippen molar-refractivity contribution in [1.29, 1.82) is 0 Å². The quantitative estimate of drug-likeness (QED) is 0.737. The number of aromatic nitrogens is 3. The Bertz CT molecular complexity index is 676. The third-order valence-corrected chi connectivity index (χ3v) is 3.03. The highest BCUT2D eigenvalue weighted by Crippen LogP contribution is 2.18. The van der Waals surface area contributed by atoms with Crippen LogP contribution in [0.3, 0.4) is 0 Å². The summed E-state index contributed by atoms with van der Waals surface area (Å²) in [7, 11) is 0. The molecule has 1 heterocycles. The largest absolute Gasteiger partial charge is 0.478 e. The summed E-state index contributed by atoms with van der Waals surface area (Å²) in [5.74, 6) is -2.42. The third-order valence-electron chi connectivity index (χ3n) is 3.03. The van der Waals surface area contributed by atoms with Crippen LogP contribution >= 0.6 is 0 Å². The van der Waals surface area contributed by atoms with Crippen molar-refractivity contribution in [2.75, 3.05) is 0 Å². The number of hydrogen-bond acceptors (Lipinski definition) is 5. The van der Waals surface area contributed by atoms with Crippen molar-refractivity contribution in [3.8, 4) is 5.69 Å². The number of aromatic carboxylic acids is 2. The molecule has 0 aliphatic rings. The van der Waals surface area contributed by atoms with Gasteiger partial charge in [0.15, 0.2) is 0 Å². The maximum Gasteiger partial charge on any atom is 0.335 e. The van der Waals surface area contributed by atoms with E-state index in [2.05, 4.69) is 10.3 Å². The summed E-state index contributed by atoms with van der Waals surface area (Å²) in [6, 6.07) is 3.80. The van der Waals surface area contributed by atoms with E-state index in [1.165, 1.54) is 16.8 Å². The maximum absolute atomic E-state index is 11.1. The summed E-state index contributed by atoms with van der Waals surface area (Å²) in [4.78, 5) is 22.2. The highest BCUT2D eigenvalue weighted by Gasteiger charge is 2.16. The normalized spacial score (nSPS) is 10.6. The van der Waals surface area contributed by atoms with E-state index in [1.807, 2.05) is 6.92 Å². The molecule has 8 heteroatoms. The molecule has 0 amide bonds. The van der Waals surface area contributed by atoms with Gasteiger partial charge in [0.1, 0.15) is 0 Å². The minimum absolute atomic E-state index is 0.128. The number of nitrogens with two attached hydrogens (primary N) is 1. The number of hydrogen-bond donors (Lipinski definition) is 3. The lowest BCUT2D eigenvalue weighted by Gasteiger charge is -2.08. The van der Waals surface area contributed by atoms with Gasteiger partial charge >= 0.3 is 11.9 Å². The molecule has 0 bridgehead atoms. The van der Waals surface area contributed by atoms with Gasteiger partial charge in [0, 0.05) is 6.54 Å². The van der Waals surface area contributed by atoms with E-state index >= 15 is 0 Å². The monoisotopic (exact) mass is 290 g/mol. The Morgan fingerprint density at radius 1 is 1.19 bits per heavy atom. The lowest BCUT2D eigenvalue weighted by atomic mass is 10.1. The summed E-state index contributed by atoms with van der Waals surface area (Å²) in [5.41, 5.74) is 6.96. The topological polar surface area (TPSA) is 131 Å². The molecule has 8 nitrogen and oxygen atoms in total. The number of rotatable bonds is 5. The molecule has 0 saturated carbocycles. The van der Waals surface area contributed by atoms with Crippen molar-refractivity contribution >= 4 is 11.9 Å². The van der Waals surface area contributed by atoms with Gasteiger partial charge in [-0.3, -0.25) is 0 Å². The number of carboxylic acid groups (broad SMARTS) is 2. The molecule has 110 valence electrons. The Balaban J connectivity index is 2.65. The second-order valence-corrected chi connectivity index (χ2v) is 4.33. The first-order chi connectivity index (χ1) is 9.97. The lowest BCUT2D eigenvalue weighted by Crippen LogP contribution is -2.09. The van der Waals surface area contributed by atoms with Gasteiger partial charge in [0.05, 0.1) is 28.2 Å². The number of nitrogens with zero attached hydrogens (tertiary/aromatic N) is 3. The predicted octanol–water partition coefficient (Wildman–Crippen LogP) is 0.685. The van der Waals surface area contributed by atoms with Crippen LogP contribution < -0.4 is 5.73 Å². The first-order valence-corrected chi connectivity index (χ1v) is 6.23. The summed E-state index contributed by atoms with van der Waals surface area (Å²) < 4.78 is 1.42. The summed E-state index contributed by atoms with van der Waals surface area (Å²) in [5, 5.41) is 26.0. The molecule has 4 N–H and O–H groups in total. The molecule has 0 unspecified atom stereocenters. The van der Waals surface area contributed by atoms with Crippen molar-refractivity contribution in [2.45, 2.75) is 19.9 Å². The van der Waals surface area contributed by atoms with Gasteiger partial charge in [-0.25, -0.2) is 14.3 Å². The Labute approximate surface area is 119 Å². The van der Waals surface area contributed by atoms with Gasteiger partial charge in [-0.05, 0) is 24.6 Å². The fourth-order valence-corrected chi connectivity index (χ4v) is 2.03. The van der Waals surface area contributed by atoms with Crippen LogP contribution in [0.1, 0.15) is 39.0 Å². The molecule has 0 atom stereocenters. The van der Waals surface area contributed by atoms with Gasteiger partial charge < -0.3 is 15.9 Å². The zero-order chi connectivity index (χ0) is 15.6. The minimum atomic E-state index is -1.21. The zero-order valence-electron chi connectivity index (χ0n) is 11.3. The number of carboxylic acids is 2. The van der Waals surface area contributed by atoms with E-state index in [4.69, 9.17) is 15.9 Å². The van der Waals surface area contributed by atoms with Gasteiger partial charge in [-0.15, -0.1) is 5.10 Å². The highest BCUT2D eigenvalue weighted by molar-refractivity contribution is 5.94. The van der Waals surface area contributed by atoms with Crippen molar-refractivity contribution in [3.63, 3.8) is 0 Å². The SMILES string of the molecule is CCc1c(CN)nnn1-c1cc(C(=O)O)cc(C(=O)O)c1. The van der Waals surface area contributed by atoms with Crippen LogP contribution in [0, 0.1) is 0 Å². The number of benzene rings is 1. The molecular weight excluding hydrogens is 276 g/mol. The van der Waals surface area contributed by atoms with Crippen LogP contribution in [-0.4, -0.2) is 37.1 Å². The van der Waals surface area contributed by atoms with Crippen LogP contribution in [-0.2, 0) is 13.0 Å². The molecular formula is C13H14N4O4. The van der Waals surface area contributed by atoms with Gasteiger partial charge in [-0.1, -0.05) is 12.1 Å². The average Bonchev–Trinajstić information content (AvgIpc) is 2.89. The first kappa shape index (κ1) is 14.7. The van der Waals surface area contributed by atoms with Crippen molar-refractivity contribution in [2.24, 2.45) is 5.73 Å². The Hall–Kier alpha value is -2.74. The molecule has 2 aromatic rings. The van der Waals surface area contributed by atoms with Crippen molar-refractivity contribution in [3.05, 3.63) is 40.7 Å². The van der Waals surface area contributed by atoms with E-state index in [1.54, 1.807) is 0 Å². The van der Waals surface area contributed by atoms with E-state index in [0.29, 0.717) is 17.8 Å². The Morgan fingerprint density at radius 2 is 1.76 bits per heavy atom. The number of carbonyl (C=O) groups is 2. The van der Waals surface area contributed by atoms with Crippen LogP contribution in [0.25, 0.3) is 5.69 Å². The molecule has 0 saturated heterocycles. The molecule has 1 aromatic carbocycles. The first-order valence-electron chi connectivity index (χ1n) is 6.23. The van der Waals surface area contributed by atoms with Crippen LogP contribution in [0.4, 0.5) is 0 Å². The fraction of sp³-hybridized carbons (Fsp3) is 0.231. The fourth-order valence-electron chi connectivity index (χ4n) is 2.03. The standard InChI is InChI=1S/C13H14N4O4/c1-2-11-10(6-14)15-16-17(11)9-4-7(12(18)19)3-8(5-9)13(20)21/h3-5H,2,6,14H2,1H3,(H,18,19)(H,20,21). The van der Waals surface area contributed by atoms with E-state index < -0.39 is 11.9 Å². The minimum Gasteiger partial charge on any atom is -0.478 e. The molecule has 0 spiro atoms. The van der Waals surface area contributed by atoms with Gasteiger partial charge in [0.2, 0.25) is 0 Å². The average molecular weight is 290 g/mol. The summed E-state index contributed by atoms with van der Waals surface area (Å²) >= 11 is 0. The molecule has 2 rings (SSSR count). The van der Waals surface area contributed by atoms with Gasteiger partial charge in [-0.2, -0.15) is 0 Å². The lowest BCUT2D eigenvalue weighted by molar-refractivity contribution is 0.0696. The Morgan fingerprint density at radius 3 is 2.19 bits per heavy atom. The van der Waals surface area contributed by atoms with Crippen LogP contribution in [0.2, 0.25) is 0 Å². The van der Waals surface area contributed by atoms with E-state index in [9.17, 15) is 9.59 Å². The molecule has 0 radical (unpaired) electrons. The molecule has 0 fully saturated rings. The third kappa shape index (κ3) is 2.75. The Kier molecular flexibility index (Phi) is 3.99. The summed E-state index contributed by atoms with van der Waals surface area (Å²) in [6.07, 6.45) is 0.583. The van der Waals surface area contributed by atoms with Crippen molar-refractivity contribution in [1.82, 2.24) is 15.0 Å². The summed E-state index contributed by atoms with van der Waals surface area (Å²) in [6.45, 7) is 2.08. The van der Waals surface area contributed by atoms with E-state index in [-0.39, 0.29) is 17.7 Å². The van der Waals surface area contributed by atoms with Crippen LogP contribution in [0.15, 0.2) is 18.2 Å². The smallest absolute Gasteiger partial charge is 0.335 e. The molecule has 1 aromatic heterocycles. The predicted molar refractivity (Wildman–Crippen MR) is 72.5 cm³/mol. The van der Waals surface area contributed by atoms with Crippen molar-refractivity contribution < 1.29 is 19.8 Å². The van der Waals surface area contributed by atoms with E-state index in [0.717, 1.165) is 11.8 Å². The molecule has 0 aliphatic heterocycles.